The Bertz CT molecular complexity index is 1020. The summed E-state index contributed by atoms with van der Waals surface area (Å²) in [6.45, 7) is 1.99. The van der Waals surface area contributed by atoms with Crippen LogP contribution < -0.4 is 10.2 Å². The summed E-state index contributed by atoms with van der Waals surface area (Å²) in [6.07, 6.45) is 1.55. The van der Waals surface area contributed by atoms with E-state index in [0.29, 0.717) is 19.3 Å². The van der Waals surface area contributed by atoms with Gasteiger partial charge in [0.1, 0.15) is 0 Å². The predicted molar refractivity (Wildman–Crippen MR) is 104 cm³/mol. The standard InChI is InChI=1S/C21H21N3O2/c1-13-17(16-5-3-4-6-18(16)22-13)12-20(25)23-15-8-9-19-14(11-15)7-10-21(26)24(19)2/h3-6,8-9,11,22H,7,10,12H2,1-2H3,(H,23,25). The fourth-order valence-corrected chi connectivity index (χ4v) is 3.66. The molecule has 0 fully saturated rings. The molecule has 2 heterocycles. The predicted octanol–water partition coefficient (Wildman–Crippen LogP) is 3.57. The van der Waals surface area contributed by atoms with Crippen LogP contribution in [0.5, 0.6) is 0 Å². The number of fused-ring (bicyclic) bond motifs is 2. The van der Waals surface area contributed by atoms with Crippen molar-refractivity contribution in [2.75, 3.05) is 17.3 Å². The lowest BCUT2D eigenvalue weighted by Crippen LogP contribution is -2.31. The van der Waals surface area contributed by atoms with Crippen molar-refractivity contribution < 1.29 is 9.59 Å². The van der Waals surface area contributed by atoms with Crippen LogP contribution in [-0.4, -0.2) is 23.8 Å². The highest BCUT2D eigenvalue weighted by molar-refractivity contribution is 5.98. The first-order valence-electron chi connectivity index (χ1n) is 8.78. The lowest BCUT2D eigenvalue weighted by molar-refractivity contribution is -0.118. The van der Waals surface area contributed by atoms with Crippen LogP contribution in [0.2, 0.25) is 0 Å². The number of nitrogens with one attached hydrogen (secondary N) is 2. The Kier molecular flexibility index (Phi) is 3.99. The van der Waals surface area contributed by atoms with Crippen molar-refractivity contribution in [2.24, 2.45) is 0 Å². The zero-order chi connectivity index (χ0) is 18.3. The molecule has 4 rings (SSSR count). The number of hydrogen-bond acceptors (Lipinski definition) is 2. The highest BCUT2D eigenvalue weighted by atomic mass is 16.2. The van der Waals surface area contributed by atoms with Crippen LogP contribution in [-0.2, 0) is 22.4 Å². The Morgan fingerprint density at radius 3 is 2.85 bits per heavy atom. The second-order valence-electron chi connectivity index (χ2n) is 6.80. The molecule has 0 saturated carbocycles. The first-order chi connectivity index (χ1) is 12.5. The zero-order valence-corrected chi connectivity index (χ0v) is 14.9. The minimum atomic E-state index is -0.0435. The normalized spacial score (nSPS) is 13.8. The molecule has 0 radical (unpaired) electrons. The molecular weight excluding hydrogens is 326 g/mol. The van der Waals surface area contributed by atoms with Gasteiger partial charge in [-0.05, 0) is 48.7 Å². The summed E-state index contributed by atoms with van der Waals surface area (Å²) < 4.78 is 0. The SMILES string of the molecule is Cc1[nH]c2ccccc2c1CC(=O)Nc1ccc2c(c1)CCC(=O)N2C. The number of carbonyl (C=O) groups is 2. The Morgan fingerprint density at radius 1 is 1.19 bits per heavy atom. The molecule has 1 aliphatic heterocycles. The van der Waals surface area contributed by atoms with Crippen LogP contribution >= 0.6 is 0 Å². The number of amides is 2. The van der Waals surface area contributed by atoms with Gasteiger partial charge >= 0.3 is 0 Å². The van der Waals surface area contributed by atoms with E-state index in [1.807, 2.05) is 49.4 Å². The van der Waals surface area contributed by atoms with E-state index in [-0.39, 0.29) is 11.8 Å². The molecule has 132 valence electrons. The van der Waals surface area contributed by atoms with Gasteiger partial charge in [-0.1, -0.05) is 18.2 Å². The maximum Gasteiger partial charge on any atom is 0.228 e. The fourth-order valence-electron chi connectivity index (χ4n) is 3.66. The molecule has 0 saturated heterocycles. The second kappa shape index (κ2) is 6.33. The van der Waals surface area contributed by atoms with Gasteiger partial charge in [-0.2, -0.15) is 0 Å². The highest BCUT2D eigenvalue weighted by Crippen LogP contribution is 2.29. The number of hydrogen-bond donors (Lipinski definition) is 2. The third-order valence-corrected chi connectivity index (χ3v) is 5.07. The monoisotopic (exact) mass is 347 g/mol. The molecule has 2 N–H and O–H groups in total. The smallest absolute Gasteiger partial charge is 0.228 e. The van der Waals surface area contributed by atoms with Gasteiger partial charge in [0.25, 0.3) is 0 Å². The van der Waals surface area contributed by atoms with E-state index in [1.54, 1.807) is 11.9 Å². The van der Waals surface area contributed by atoms with Crippen molar-refractivity contribution >= 4 is 34.1 Å². The van der Waals surface area contributed by atoms with Crippen LogP contribution in [0.3, 0.4) is 0 Å². The molecule has 1 aliphatic rings. The molecule has 0 unspecified atom stereocenters. The van der Waals surface area contributed by atoms with Crippen LogP contribution in [0.25, 0.3) is 10.9 Å². The van der Waals surface area contributed by atoms with E-state index in [0.717, 1.165) is 39.1 Å². The van der Waals surface area contributed by atoms with Crippen molar-refractivity contribution in [2.45, 2.75) is 26.2 Å². The van der Waals surface area contributed by atoms with Crippen molar-refractivity contribution in [1.29, 1.82) is 0 Å². The summed E-state index contributed by atoms with van der Waals surface area (Å²) in [5, 5.41) is 4.08. The summed E-state index contributed by atoms with van der Waals surface area (Å²) in [4.78, 5) is 29.4. The average Bonchev–Trinajstić information content (AvgIpc) is 2.94. The molecule has 5 heteroatoms. The van der Waals surface area contributed by atoms with E-state index in [4.69, 9.17) is 0 Å². The number of nitrogens with zero attached hydrogens (tertiary/aromatic N) is 1. The number of aromatic nitrogens is 1. The molecular formula is C21H21N3O2. The number of rotatable bonds is 3. The van der Waals surface area contributed by atoms with Gasteiger partial charge in [-0.25, -0.2) is 0 Å². The zero-order valence-electron chi connectivity index (χ0n) is 14.9. The summed E-state index contributed by atoms with van der Waals surface area (Å²) in [6, 6.07) is 13.7. The molecule has 3 aromatic rings. The van der Waals surface area contributed by atoms with Crippen molar-refractivity contribution in [3.8, 4) is 0 Å². The fraction of sp³-hybridized carbons (Fsp3) is 0.238. The quantitative estimate of drug-likeness (QED) is 0.761. The number of benzene rings is 2. The number of carbonyl (C=O) groups excluding carboxylic acids is 2. The Hall–Kier alpha value is -3.08. The molecule has 5 nitrogen and oxygen atoms in total. The number of aromatic amines is 1. The van der Waals surface area contributed by atoms with Gasteiger partial charge in [0, 0.05) is 41.4 Å². The van der Waals surface area contributed by atoms with Crippen LogP contribution in [0, 0.1) is 6.92 Å². The highest BCUT2D eigenvalue weighted by Gasteiger charge is 2.21. The van der Waals surface area contributed by atoms with E-state index in [1.165, 1.54) is 0 Å². The van der Waals surface area contributed by atoms with Crippen molar-refractivity contribution in [3.63, 3.8) is 0 Å². The molecule has 0 bridgehead atoms. The minimum absolute atomic E-state index is 0.0435. The minimum Gasteiger partial charge on any atom is -0.358 e. The lowest BCUT2D eigenvalue weighted by Gasteiger charge is -2.26. The summed E-state index contributed by atoms with van der Waals surface area (Å²) in [7, 11) is 1.79. The first kappa shape index (κ1) is 16.4. The van der Waals surface area contributed by atoms with Gasteiger partial charge < -0.3 is 15.2 Å². The summed E-state index contributed by atoms with van der Waals surface area (Å²) in [5.74, 6) is 0.0853. The van der Waals surface area contributed by atoms with Gasteiger partial charge in [0.05, 0.1) is 6.42 Å². The number of anilines is 2. The first-order valence-corrected chi connectivity index (χ1v) is 8.78. The lowest BCUT2D eigenvalue weighted by atomic mass is 10.0. The molecule has 2 amide bonds. The van der Waals surface area contributed by atoms with Crippen molar-refractivity contribution in [1.82, 2.24) is 4.98 Å². The van der Waals surface area contributed by atoms with Gasteiger partial charge in [0.2, 0.25) is 11.8 Å². The second-order valence-corrected chi connectivity index (χ2v) is 6.80. The van der Waals surface area contributed by atoms with Gasteiger partial charge in [-0.15, -0.1) is 0 Å². The summed E-state index contributed by atoms with van der Waals surface area (Å²) >= 11 is 0. The molecule has 0 aliphatic carbocycles. The largest absolute Gasteiger partial charge is 0.358 e. The van der Waals surface area contributed by atoms with E-state index in [2.05, 4.69) is 10.3 Å². The van der Waals surface area contributed by atoms with Crippen molar-refractivity contribution in [3.05, 3.63) is 59.3 Å². The maximum atomic E-state index is 12.6. The molecule has 0 atom stereocenters. The van der Waals surface area contributed by atoms with Crippen LogP contribution in [0.1, 0.15) is 23.2 Å². The summed E-state index contributed by atoms with van der Waals surface area (Å²) in [5.41, 5.74) is 5.89. The third kappa shape index (κ3) is 2.86. The Balaban J connectivity index is 1.53. The topological polar surface area (TPSA) is 65.2 Å². The molecule has 1 aromatic heterocycles. The maximum absolute atomic E-state index is 12.6. The van der Waals surface area contributed by atoms with Gasteiger partial charge in [-0.3, -0.25) is 9.59 Å². The molecule has 2 aromatic carbocycles. The molecule has 0 spiro atoms. The Labute approximate surface area is 152 Å². The number of para-hydroxylation sites is 1. The number of aryl methyl sites for hydroxylation is 2. The molecule has 26 heavy (non-hydrogen) atoms. The van der Waals surface area contributed by atoms with E-state index in [9.17, 15) is 9.59 Å². The van der Waals surface area contributed by atoms with Gasteiger partial charge in [0.15, 0.2) is 0 Å². The number of H-pyrrole nitrogens is 1. The third-order valence-electron chi connectivity index (χ3n) is 5.07. The van der Waals surface area contributed by atoms with E-state index >= 15 is 0 Å². The Morgan fingerprint density at radius 2 is 2.00 bits per heavy atom. The van der Waals surface area contributed by atoms with Crippen LogP contribution in [0.4, 0.5) is 11.4 Å². The van der Waals surface area contributed by atoms with E-state index < -0.39 is 0 Å². The average molecular weight is 347 g/mol. The van der Waals surface area contributed by atoms with Crippen LogP contribution in [0.15, 0.2) is 42.5 Å².